The Morgan fingerprint density at radius 1 is 1.03 bits per heavy atom. The number of aromatic hydroxyl groups is 3. The third-order valence-corrected chi connectivity index (χ3v) is 5.44. The number of fused-ring (bicyclic) bond motifs is 1. The van der Waals surface area contributed by atoms with Gasteiger partial charge in [0.2, 0.25) is 12.0 Å². The number of hydrogen-bond acceptors (Lipinski definition) is 12. The molecule has 4 unspecified atom stereocenters. The summed E-state index contributed by atoms with van der Waals surface area (Å²) in [6, 6.07) is 7.44. The third kappa shape index (κ3) is 4.63. The van der Waals surface area contributed by atoms with Crippen molar-refractivity contribution >= 4 is 21.4 Å². The molecule has 0 amide bonds. The summed E-state index contributed by atoms with van der Waals surface area (Å²) in [5.41, 5.74) is -0.853. The molecular formula is C20H18O13S. The van der Waals surface area contributed by atoms with Crippen LogP contribution < -0.4 is 10.2 Å². The lowest BCUT2D eigenvalue weighted by Gasteiger charge is -2.36. The number of benzene rings is 2. The second kappa shape index (κ2) is 8.75. The van der Waals surface area contributed by atoms with E-state index in [4.69, 9.17) is 18.4 Å². The Bertz CT molecular complexity index is 1380. The Labute approximate surface area is 190 Å². The van der Waals surface area contributed by atoms with Crippen LogP contribution in [0.5, 0.6) is 23.0 Å². The van der Waals surface area contributed by atoms with Gasteiger partial charge < -0.3 is 39.4 Å². The van der Waals surface area contributed by atoms with Crippen molar-refractivity contribution in [2.45, 2.75) is 24.6 Å². The van der Waals surface area contributed by atoms with Crippen LogP contribution in [0.1, 0.15) is 0 Å². The van der Waals surface area contributed by atoms with Gasteiger partial charge in [0.15, 0.2) is 22.9 Å². The molecule has 4 rings (SSSR count). The molecule has 34 heavy (non-hydrogen) atoms. The van der Waals surface area contributed by atoms with Crippen LogP contribution in [-0.2, 0) is 19.3 Å². The molecule has 4 atom stereocenters. The molecule has 1 saturated heterocycles. The zero-order valence-electron chi connectivity index (χ0n) is 16.9. The van der Waals surface area contributed by atoms with Gasteiger partial charge in [-0.25, -0.2) is 4.18 Å². The maximum atomic E-state index is 12.6. The molecule has 0 spiro atoms. The lowest BCUT2D eigenvalue weighted by atomic mass is 10.1. The second-order valence-corrected chi connectivity index (χ2v) is 8.38. The zero-order chi connectivity index (χ0) is 24.8. The second-order valence-electron chi connectivity index (χ2n) is 7.33. The van der Waals surface area contributed by atoms with Crippen molar-refractivity contribution in [2.24, 2.45) is 0 Å². The van der Waals surface area contributed by atoms with E-state index < -0.39 is 75.3 Å². The Hall–Kier alpha value is -3.40. The minimum atomic E-state index is -5.12. The van der Waals surface area contributed by atoms with Crippen LogP contribution in [0, 0.1) is 0 Å². The number of phenols is 3. The fourth-order valence-electron chi connectivity index (χ4n) is 3.37. The molecule has 0 saturated carbocycles. The minimum Gasteiger partial charge on any atom is -0.508 e. The Kier molecular flexibility index (Phi) is 6.11. The van der Waals surface area contributed by atoms with Gasteiger partial charge in [0, 0.05) is 17.7 Å². The molecule has 1 fully saturated rings. The summed E-state index contributed by atoms with van der Waals surface area (Å²) in [6.07, 6.45) is -7.23. The fraction of sp³-hybridized carbons (Fsp3) is 0.250. The van der Waals surface area contributed by atoms with Crippen LogP contribution in [-0.4, -0.2) is 69.7 Å². The highest BCUT2D eigenvalue weighted by Gasteiger charge is 2.44. The molecule has 182 valence electrons. The van der Waals surface area contributed by atoms with E-state index in [0.29, 0.717) is 5.56 Å². The maximum Gasteiger partial charge on any atom is 0.397 e. The molecule has 0 bridgehead atoms. The van der Waals surface area contributed by atoms with Gasteiger partial charge in [-0.05, 0) is 24.3 Å². The highest BCUT2D eigenvalue weighted by atomic mass is 32.3. The van der Waals surface area contributed by atoms with E-state index in [0.717, 1.165) is 12.1 Å². The number of hydrogen-bond donors (Lipinski definition) is 6. The molecule has 14 heteroatoms. The summed E-state index contributed by atoms with van der Waals surface area (Å²) in [5.74, 6) is -2.08. The lowest BCUT2D eigenvalue weighted by Crippen LogP contribution is -2.56. The first-order chi connectivity index (χ1) is 15.9. The van der Waals surface area contributed by atoms with Crippen LogP contribution >= 0.6 is 0 Å². The molecule has 2 heterocycles. The Morgan fingerprint density at radius 2 is 1.71 bits per heavy atom. The number of rotatable bonds is 5. The predicted octanol–water partition coefficient (Wildman–Crippen LogP) is 0.222. The number of aliphatic hydroxyl groups excluding tert-OH is 2. The van der Waals surface area contributed by atoms with E-state index in [1.807, 2.05) is 0 Å². The van der Waals surface area contributed by atoms with Crippen molar-refractivity contribution in [1.29, 1.82) is 0 Å². The molecule has 0 aliphatic carbocycles. The molecule has 2 aromatic carbocycles. The number of aliphatic hydroxyl groups is 2. The average Bonchev–Trinajstić information content (AvgIpc) is 2.76. The van der Waals surface area contributed by atoms with E-state index in [1.165, 1.54) is 24.3 Å². The standard InChI is InChI=1S/C20H18O13S/c21-9-3-1-8(2-4-9)13-5-10(22)15-11(23)6-14(17(26)18(15)31-13)32-20-19(33-34(27,28)29)16(25)12(24)7-30-20/h1-6,12,16,19-21,23-26H,7H2,(H,27,28,29). The van der Waals surface area contributed by atoms with Crippen LogP contribution in [0.2, 0.25) is 0 Å². The van der Waals surface area contributed by atoms with Crippen molar-refractivity contribution in [1.82, 2.24) is 0 Å². The van der Waals surface area contributed by atoms with Gasteiger partial charge in [-0.15, -0.1) is 0 Å². The first kappa shape index (κ1) is 23.7. The Balaban J connectivity index is 1.77. The molecule has 13 nitrogen and oxygen atoms in total. The van der Waals surface area contributed by atoms with Crippen LogP contribution in [0.4, 0.5) is 0 Å². The van der Waals surface area contributed by atoms with Crippen molar-refractivity contribution in [2.75, 3.05) is 6.61 Å². The van der Waals surface area contributed by atoms with Gasteiger partial charge in [-0.2, -0.15) is 8.42 Å². The number of ether oxygens (including phenoxy) is 2. The normalized spacial score (nSPS) is 23.1. The summed E-state index contributed by atoms with van der Waals surface area (Å²) in [7, 11) is -5.12. The summed E-state index contributed by atoms with van der Waals surface area (Å²) in [6.45, 7) is -0.530. The molecule has 3 aromatic rings. The van der Waals surface area contributed by atoms with Gasteiger partial charge in [-0.3, -0.25) is 9.35 Å². The van der Waals surface area contributed by atoms with Gasteiger partial charge >= 0.3 is 10.4 Å². The highest BCUT2D eigenvalue weighted by Crippen LogP contribution is 2.41. The Morgan fingerprint density at radius 3 is 2.35 bits per heavy atom. The lowest BCUT2D eigenvalue weighted by molar-refractivity contribution is -0.235. The van der Waals surface area contributed by atoms with Crippen LogP contribution in [0.3, 0.4) is 0 Å². The highest BCUT2D eigenvalue weighted by molar-refractivity contribution is 7.80. The monoisotopic (exact) mass is 498 g/mol. The molecule has 1 aromatic heterocycles. The van der Waals surface area contributed by atoms with E-state index in [1.54, 1.807) is 0 Å². The van der Waals surface area contributed by atoms with Crippen molar-refractivity contribution in [3.8, 4) is 34.3 Å². The fourth-order valence-corrected chi connectivity index (χ4v) is 3.86. The SMILES string of the molecule is O=c1cc(-c2ccc(O)cc2)oc2c(O)c(OC3OCC(O)C(O)C3OS(=O)(=O)O)cc(O)c12. The van der Waals surface area contributed by atoms with Gasteiger partial charge in [0.05, 0.1) is 6.61 Å². The van der Waals surface area contributed by atoms with Crippen molar-refractivity contribution < 1.29 is 56.6 Å². The zero-order valence-corrected chi connectivity index (χ0v) is 17.7. The summed E-state index contributed by atoms with van der Waals surface area (Å²) in [5, 5.41) is 49.9. The van der Waals surface area contributed by atoms with E-state index >= 15 is 0 Å². The third-order valence-electron chi connectivity index (χ3n) is 4.98. The average molecular weight is 498 g/mol. The molecule has 0 radical (unpaired) electrons. The van der Waals surface area contributed by atoms with E-state index in [2.05, 4.69) is 4.18 Å². The molecule has 1 aliphatic rings. The largest absolute Gasteiger partial charge is 0.508 e. The molecular weight excluding hydrogens is 480 g/mol. The summed E-state index contributed by atoms with van der Waals surface area (Å²) in [4.78, 5) is 12.6. The van der Waals surface area contributed by atoms with Gasteiger partial charge in [0.25, 0.3) is 0 Å². The van der Waals surface area contributed by atoms with Crippen molar-refractivity contribution in [3.05, 3.63) is 46.6 Å². The minimum absolute atomic E-state index is 0.0237. The van der Waals surface area contributed by atoms with Crippen molar-refractivity contribution in [3.63, 3.8) is 0 Å². The van der Waals surface area contributed by atoms with Gasteiger partial charge in [0.1, 0.15) is 34.9 Å². The quantitative estimate of drug-likeness (QED) is 0.205. The predicted molar refractivity (Wildman–Crippen MR) is 112 cm³/mol. The number of phenolic OH excluding ortho intramolecular Hbond substituents is 3. The molecule has 6 N–H and O–H groups in total. The summed E-state index contributed by atoms with van der Waals surface area (Å²) >= 11 is 0. The molecule has 1 aliphatic heterocycles. The summed E-state index contributed by atoms with van der Waals surface area (Å²) < 4.78 is 51.7. The van der Waals surface area contributed by atoms with E-state index in [9.17, 15) is 38.7 Å². The van der Waals surface area contributed by atoms with Crippen LogP contribution in [0.15, 0.2) is 45.6 Å². The van der Waals surface area contributed by atoms with Crippen LogP contribution in [0.25, 0.3) is 22.3 Å². The first-order valence-corrected chi connectivity index (χ1v) is 10.9. The smallest absolute Gasteiger partial charge is 0.397 e. The van der Waals surface area contributed by atoms with Gasteiger partial charge in [-0.1, -0.05) is 0 Å². The first-order valence-electron chi connectivity index (χ1n) is 9.57. The van der Waals surface area contributed by atoms with E-state index in [-0.39, 0.29) is 11.5 Å². The topological polar surface area (TPSA) is 213 Å². The maximum absolute atomic E-state index is 12.6.